The van der Waals surface area contributed by atoms with Crippen molar-refractivity contribution in [2.45, 2.75) is 6.92 Å². The molecule has 0 aromatic heterocycles. The smallest absolute Gasteiger partial charge is 0.315 e. The molecule has 5 heteroatoms. The lowest BCUT2D eigenvalue weighted by atomic mass is 10.1. The molecule has 0 aliphatic rings. The van der Waals surface area contributed by atoms with Crippen LogP contribution in [0.5, 0.6) is 0 Å². The molecule has 0 aliphatic carbocycles. The molecule has 0 bridgehead atoms. The molecule has 0 saturated heterocycles. The second-order valence-corrected chi connectivity index (χ2v) is 2.45. The summed E-state index contributed by atoms with van der Waals surface area (Å²) in [6.45, 7) is 1.21. The van der Waals surface area contributed by atoms with Gasteiger partial charge in [0.25, 0.3) is 0 Å². The van der Waals surface area contributed by atoms with Crippen LogP contribution >= 0.6 is 0 Å². The molecule has 0 aromatic carbocycles. The van der Waals surface area contributed by atoms with Gasteiger partial charge in [0.1, 0.15) is 12.2 Å². The van der Waals surface area contributed by atoms with Gasteiger partial charge in [-0.25, -0.2) is 0 Å². The molecule has 1 amide bonds. The molecule has 1 atom stereocenters. The average Bonchev–Trinajstić information content (AvgIpc) is 2.02. The molecular weight excluding hydrogens is 162 g/mol. The molecule has 0 aliphatic heterocycles. The maximum absolute atomic E-state index is 11.1. The number of carboxylic acids is 1. The summed E-state index contributed by atoms with van der Waals surface area (Å²) in [4.78, 5) is 32.4. The van der Waals surface area contributed by atoms with Crippen molar-refractivity contribution in [3.05, 3.63) is 0 Å². The topological polar surface area (TPSA) is 74.7 Å². The Morgan fingerprint density at radius 2 is 2.08 bits per heavy atom. The van der Waals surface area contributed by atoms with Crippen molar-refractivity contribution in [3.63, 3.8) is 0 Å². The van der Waals surface area contributed by atoms with E-state index in [0.717, 1.165) is 4.90 Å². The minimum Gasteiger partial charge on any atom is -0.481 e. The van der Waals surface area contributed by atoms with Crippen molar-refractivity contribution >= 4 is 18.2 Å². The van der Waals surface area contributed by atoms with Crippen LogP contribution in [0.15, 0.2) is 0 Å². The molecule has 0 heterocycles. The van der Waals surface area contributed by atoms with Crippen molar-refractivity contribution in [1.29, 1.82) is 0 Å². The third-order valence-corrected chi connectivity index (χ3v) is 1.47. The van der Waals surface area contributed by atoms with Gasteiger partial charge in [-0.15, -0.1) is 0 Å². The lowest BCUT2D eigenvalue weighted by Crippen LogP contribution is -2.36. The highest BCUT2D eigenvalue weighted by Crippen LogP contribution is 1.99. The maximum atomic E-state index is 11.1. The highest BCUT2D eigenvalue weighted by molar-refractivity contribution is 5.96. The highest BCUT2D eigenvalue weighted by Gasteiger charge is 2.23. The first-order valence-electron chi connectivity index (χ1n) is 3.42. The number of carbonyl (C=O) groups excluding carboxylic acids is 2. The quantitative estimate of drug-likeness (QED) is 0.453. The Labute approximate surface area is 70.0 Å². The molecule has 0 aromatic rings. The van der Waals surface area contributed by atoms with Gasteiger partial charge in [0.15, 0.2) is 0 Å². The van der Waals surface area contributed by atoms with E-state index in [9.17, 15) is 14.4 Å². The molecule has 68 valence electrons. The fourth-order valence-electron chi connectivity index (χ4n) is 0.638. The molecule has 0 saturated carbocycles. The number of likely N-dealkylation sites (N-methyl/N-ethyl adjacent to an activating group) is 1. The Hall–Kier alpha value is -1.39. The van der Waals surface area contributed by atoms with Crippen LogP contribution in [0.2, 0.25) is 0 Å². The van der Waals surface area contributed by atoms with E-state index in [1.807, 2.05) is 0 Å². The summed E-state index contributed by atoms with van der Waals surface area (Å²) < 4.78 is 0. The summed E-state index contributed by atoms with van der Waals surface area (Å²) in [6.07, 6.45) is 0.548. The van der Waals surface area contributed by atoms with Crippen LogP contribution in [-0.2, 0) is 14.4 Å². The van der Waals surface area contributed by atoms with E-state index in [1.54, 1.807) is 0 Å². The average molecular weight is 173 g/mol. The summed E-state index contributed by atoms with van der Waals surface area (Å²) in [5.74, 6) is -2.83. The van der Waals surface area contributed by atoms with E-state index in [0.29, 0.717) is 6.29 Å². The summed E-state index contributed by atoms with van der Waals surface area (Å²) in [7, 11) is 1.39. The normalized spacial score (nSPS) is 11.8. The molecule has 0 radical (unpaired) electrons. The second-order valence-electron chi connectivity index (χ2n) is 2.45. The maximum Gasteiger partial charge on any atom is 0.315 e. The van der Waals surface area contributed by atoms with Gasteiger partial charge in [0.2, 0.25) is 5.91 Å². The predicted octanol–water partition coefficient (Wildman–Crippen LogP) is -0.636. The van der Waals surface area contributed by atoms with Gasteiger partial charge in [-0.1, -0.05) is 0 Å². The van der Waals surface area contributed by atoms with Gasteiger partial charge in [0.05, 0.1) is 6.54 Å². The van der Waals surface area contributed by atoms with Crippen molar-refractivity contribution in [2.75, 3.05) is 13.6 Å². The summed E-state index contributed by atoms with van der Waals surface area (Å²) in [5, 5.41) is 8.43. The van der Waals surface area contributed by atoms with Crippen molar-refractivity contribution < 1.29 is 19.5 Å². The number of aldehydes is 1. The number of carbonyl (C=O) groups is 3. The number of carboxylic acid groups (broad SMARTS) is 1. The van der Waals surface area contributed by atoms with Crippen molar-refractivity contribution in [2.24, 2.45) is 5.92 Å². The van der Waals surface area contributed by atoms with Crippen molar-refractivity contribution in [1.82, 2.24) is 4.90 Å². The van der Waals surface area contributed by atoms with E-state index in [-0.39, 0.29) is 6.54 Å². The first-order chi connectivity index (χ1) is 5.50. The molecule has 1 N–H and O–H groups in total. The molecule has 0 spiro atoms. The highest BCUT2D eigenvalue weighted by atomic mass is 16.4. The Balaban J connectivity index is 4.18. The third kappa shape index (κ3) is 2.69. The zero-order chi connectivity index (χ0) is 9.72. The minimum absolute atomic E-state index is 0.0730. The number of amides is 1. The van der Waals surface area contributed by atoms with Gasteiger partial charge in [-0.2, -0.15) is 0 Å². The van der Waals surface area contributed by atoms with Gasteiger partial charge >= 0.3 is 5.97 Å². The fourth-order valence-corrected chi connectivity index (χ4v) is 0.638. The van der Waals surface area contributed by atoms with Crippen LogP contribution in [0, 0.1) is 5.92 Å². The summed E-state index contributed by atoms with van der Waals surface area (Å²) >= 11 is 0. The largest absolute Gasteiger partial charge is 0.481 e. The summed E-state index contributed by atoms with van der Waals surface area (Å²) in [5.41, 5.74) is 0. The molecular formula is C7H11NO4. The van der Waals surface area contributed by atoms with Crippen LogP contribution in [0.1, 0.15) is 6.92 Å². The van der Waals surface area contributed by atoms with Gasteiger partial charge in [0, 0.05) is 7.05 Å². The lowest BCUT2D eigenvalue weighted by Gasteiger charge is -2.15. The molecule has 12 heavy (non-hydrogen) atoms. The Morgan fingerprint density at radius 3 is 2.42 bits per heavy atom. The zero-order valence-electron chi connectivity index (χ0n) is 6.98. The molecule has 5 nitrogen and oxygen atoms in total. The number of rotatable bonds is 4. The van der Waals surface area contributed by atoms with E-state index < -0.39 is 17.8 Å². The van der Waals surface area contributed by atoms with E-state index >= 15 is 0 Å². The molecule has 0 rings (SSSR count). The molecule has 1 unspecified atom stereocenters. The third-order valence-electron chi connectivity index (χ3n) is 1.47. The number of nitrogens with zero attached hydrogens (tertiary/aromatic N) is 1. The Kier molecular flexibility index (Phi) is 3.96. The van der Waals surface area contributed by atoms with E-state index in [4.69, 9.17) is 5.11 Å². The SMILES string of the molecule is CC(C(=O)O)C(=O)N(C)CC=O. The van der Waals surface area contributed by atoms with Gasteiger partial charge in [-0.05, 0) is 6.92 Å². The summed E-state index contributed by atoms with van der Waals surface area (Å²) in [6, 6.07) is 0. The lowest BCUT2D eigenvalue weighted by molar-refractivity contribution is -0.150. The second kappa shape index (κ2) is 4.48. The van der Waals surface area contributed by atoms with Crippen LogP contribution in [0.4, 0.5) is 0 Å². The van der Waals surface area contributed by atoms with Gasteiger partial charge in [-0.3, -0.25) is 9.59 Å². The van der Waals surface area contributed by atoms with Gasteiger partial charge < -0.3 is 14.8 Å². The minimum atomic E-state index is -1.18. The van der Waals surface area contributed by atoms with Crippen LogP contribution in [0.3, 0.4) is 0 Å². The monoisotopic (exact) mass is 173 g/mol. The zero-order valence-corrected chi connectivity index (χ0v) is 6.98. The number of hydrogen-bond donors (Lipinski definition) is 1. The van der Waals surface area contributed by atoms with Crippen molar-refractivity contribution in [3.8, 4) is 0 Å². The van der Waals surface area contributed by atoms with E-state index in [1.165, 1.54) is 14.0 Å². The standard InChI is InChI=1S/C7H11NO4/c1-5(7(11)12)6(10)8(2)3-4-9/h4-5H,3H2,1-2H3,(H,11,12). The van der Waals surface area contributed by atoms with Crippen LogP contribution in [-0.4, -0.2) is 41.8 Å². The number of hydrogen-bond acceptors (Lipinski definition) is 3. The predicted molar refractivity (Wildman–Crippen MR) is 40.5 cm³/mol. The first kappa shape index (κ1) is 10.6. The van der Waals surface area contributed by atoms with Crippen LogP contribution < -0.4 is 0 Å². The Bertz CT molecular complexity index is 202. The van der Waals surface area contributed by atoms with Crippen LogP contribution in [0.25, 0.3) is 0 Å². The number of aliphatic carboxylic acids is 1. The van der Waals surface area contributed by atoms with E-state index in [2.05, 4.69) is 0 Å². The molecule has 0 fully saturated rings. The Morgan fingerprint density at radius 1 is 1.58 bits per heavy atom. The fraction of sp³-hybridized carbons (Fsp3) is 0.571. The first-order valence-corrected chi connectivity index (χ1v) is 3.42.